The number of nitrogens with zero attached hydrogens (tertiary/aromatic N) is 1. The minimum atomic E-state index is 0.0479. The fourth-order valence-corrected chi connectivity index (χ4v) is 3.54. The van der Waals surface area contributed by atoms with E-state index in [1.54, 1.807) is 0 Å². The maximum atomic E-state index is 12.9. The second-order valence-electron chi connectivity index (χ2n) is 6.87. The number of allylic oxidation sites excluding steroid dienone is 4. The number of fused-ring (bicyclic) bond motifs is 1. The number of benzene rings is 2. The molecule has 0 saturated heterocycles. The number of para-hydroxylation sites is 1. The molecule has 27 heavy (non-hydrogen) atoms. The van der Waals surface area contributed by atoms with Crippen LogP contribution in [0.4, 0.5) is 0 Å². The number of carbonyl (C=O) groups is 2. The van der Waals surface area contributed by atoms with Crippen LogP contribution in [0.25, 0.3) is 10.9 Å². The Balaban J connectivity index is 1.55. The first-order valence-electron chi connectivity index (χ1n) is 9.26. The number of aromatic nitrogens is 1. The third kappa shape index (κ3) is 3.68. The van der Waals surface area contributed by atoms with Crippen LogP contribution in [0, 0.1) is 0 Å². The smallest absolute Gasteiger partial charge is 0.191 e. The lowest BCUT2D eigenvalue weighted by Gasteiger charge is -2.05. The molecule has 0 N–H and O–H groups in total. The van der Waals surface area contributed by atoms with Crippen molar-refractivity contribution in [3.63, 3.8) is 0 Å². The zero-order chi connectivity index (χ0) is 18.6. The molecule has 3 heteroatoms. The molecule has 2 aromatic carbocycles. The van der Waals surface area contributed by atoms with Crippen molar-refractivity contribution in [2.24, 2.45) is 0 Å². The van der Waals surface area contributed by atoms with Crippen LogP contribution in [0.15, 0.2) is 84.6 Å². The molecule has 0 atom stereocenters. The first-order valence-corrected chi connectivity index (χ1v) is 9.26. The summed E-state index contributed by atoms with van der Waals surface area (Å²) in [5.74, 6) is 0.215. The third-order valence-electron chi connectivity index (χ3n) is 4.98. The number of aryl methyl sites for hydroxylation is 1. The van der Waals surface area contributed by atoms with Crippen molar-refractivity contribution < 1.29 is 9.59 Å². The van der Waals surface area contributed by atoms with Gasteiger partial charge in [0.2, 0.25) is 0 Å². The van der Waals surface area contributed by atoms with Gasteiger partial charge in [0.1, 0.15) is 0 Å². The highest BCUT2D eigenvalue weighted by atomic mass is 16.1. The Hall–Kier alpha value is -3.20. The van der Waals surface area contributed by atoms with Gasteiger partial charge in [-0.2, -0.15) is 0 Å². The van der Waals surface area contributed by atoms with Gasteiger partial charge in [-0.15, -0.1) is 0 Å². The maximum Gasteiger partial charge on any atom is 0.191 e. The Kier molecular flexibility index (Phi) is 4.84. The van der Waals surface area contributed by atoms with Crippen molar-refractivity contribution in [3.8, 4) is 0 Å². The van der Waals surface area contributed by atoms with Gasteiger partial charge in [0.15, 0.2) is 11.6 Å². The Labute approximate surface area is 158 Å². The summed E-state index contributed by atoms with van der Waals surface area (Å²) in [5, 5.41) is 0.908. The average Bonchev–Trinajstić information content (AvgIpc) is 3.36. The number of ketones is 2. The summed E-state index contributed by atoms with van der Waals surface area (Å²) in [4.78, 5) is 25.4. The molecule has 3 nitrogen and oxygen atoms in total. The summed E-state index contributed by atoms with van der Waals surface area (Å²) in [6, 6.07) is 17.8. The van der Waals surface area contributed by atoms with Crippen LogP contribution >= 0.6 is 0 Å². The fraction of sp³-hybridized carbons (Fsp3) is 0.167. The Morgan fingerprint density at radius 2 is 1.74 bits per heavy atom. The van der Waals surface area contributed by atoms with Gasteiger partial charge in [-0.25, -0.2) is 0 Å². The highest BCUT2D eigenvalue weighted by Gasteiger charge is 2.19. The standard InChI is InChI=1S/C24H21NO2/c26-20(15-14-18-8-2-1-3-9-18)16-25-17-22(21-12-6-7-13-23(21)25)24(27)19-10-4-5-11-19/h1-10,12-13,17H,11,14-16H2. The molecule has 0 radical (unpaired) electrons. The zero-order valence-corrected chi connectivity index (χ0v) is 15.1. The topological polar surface area (TPSA) is 39.1 Å². The number of hydrogen-bond acceptors (Lipinski definition) is 2. The molecule has 1 aromatic heterocycles. The Morgan fingerprint density at radius 3 is 2.52 bits per heavy atom. The third-order valence-corrected chi connectivity index (χ3v) is 4.98. The summed E-state index contributed by atoms with van der Waals surface area (Å²) in [6.45, 7) is 0.290. The van der Waals surface area contributed by atoms with Crippen LogP contribution in [0.2, 0.25) is 0 Å². The molecule has 1 heterocycles. The van der Waals surface area contributed by atoms with Crippen LogP contribution in [0.1, 0.15) is 28.8 Å². The quantitative estimate of drug-likeness (QED) is 0.565. The van der Waals surface area contributed by atoms with E-state index in [-0.39, 0.29) is 18.1 Å². The molecular formula is C24H21NO2. The van der Waals surface area contributed by atoms with Crippen molar-refractivity contribution in [2.45, 2.75) is 25.8 Å². The molecule has 0 unspecified atom stereocenters. The van der Waals surface area contributed by atoms with Gasteiger partial charge in [-0.3, -0.25) is 9.59 Å². The lowest BCUT2D eigenvalue weighted by Crippen LogP contribution is -2.10. The first-order chi connectivity index (χ1) is 13.2. The summed E-state index contributed by atoms with van der Waals surface area (Å²) >= 11 is 0. The molecule has 134 valence electrons. The minimum absolute atomic E-state index is 0.0479. The number of carbonyl (C=O) groups excluding carboxylic acids is 2. The van der Waals surface area contributed by atoms with Crippen LogP contribution < -0.4 is 0 Å². The molecular weight excluding hydrogens is 334 g/mol. The lowest BCUT2D eigenvalue weighted by molar-refractivity contribution is -0.119. The molecule has 0 spiro atoms. The largest absolute Gasteiger partial charge is 0.339 e. The first kappa shape index (κ1) is 17.2. The van der Waals surface area contributed by atoms with Gasteiger partial charge in [0, 0.05) is 34.7 Å². The molecule has 1 aliphatic carbocycles. The Bertz CT molecular complexity index is 1050. The van der Waals surface area contributed by atoms with E-state index < -0.39 is 0 Å². The van der Waals surface area contributed by atoms with Crippen LogP contribution in [-0.2, 0) is 17.8 Å². The summed E-state index contributed by atoms with van der Waals surface area (Å²) in [5.41, 5.74) is 3.57. The number of hydrogen-bond donors (Lipinski definition) is 0. The molecule has 0 aliphatic heterocycles. The Morgan fingerprint density at radius 1 is 0.963 bits per heavy atom. The monoisotopic (exact) mass is 355 g/mol. The number of rotatable bonds is 7. The van der Waals surface area contributed by atoms with Crippen molar-refractivity contribution in [2.75, 3.05) is 0 Å². The fourth-order valence-electron chi connectivity index (χ4n) is 3.54. The normalized spacial score (nSPS) is 13.1. The van der Waals surface area contributed by atoms with E-state index in [1.807, 2.05) is 83.6 Å². The van der Waals surface area contributed by atoms with E-state index >= 15 is 0 Å². The van der Waals surface area contributed by atoms with Gasteiger partial charge < -0.3 is 4.57 Å². The maximum absolute atomic E-state index is 12.9. The lowest BCUT2D eigenvalue weighted by atomic mass is 10.0. The van der Waals surface area contributed by atoms with E-state index in [9.17, 15) is 9.59 Å². The molecule has 0 saturated carbocycles. The second-order valence-corrected chi connectivity index (χ2v) is 6.87. The second kappa shape index (κ2) is 7.58. The number of Topliss-reactive ketones (excluding diaryl/α,β-unsaturated/α-hetero) is 2. The predicted molar refractivity (Wildman–Crippen MR) is 108 cm³/mol. The van der Waals surface area contributed by atoms with E-state index in [0.717, 1.165) is 22.9 Å². The zero-order valence-electron chi connectivity index (χ0n) is 15.1. The van der Waals surface area contributed by atoms with E-state index in [0.29, 0.717) is 18.4 Å². The van der Waals surface area contributed by atoms with E-state index in [4.69, 9.17) is 0 Å². The van der Waals surface area contributed by atoms with Gasteiger partial charge in [0.25, 0.3) is 0 Å². The molecule has 1 aliphatic rings. The minimum Gasteiger partial charge on any atom is -0.339 e. The SMILES string of the molecule is O=C(CCc1ccccc1)Cn1cc(C(=O)C2=CC=CC2)c2ccccc21. The van der Waals surface area contributed by atoms with Crippen molar-refractivity contribution in [1.29, 1.82) is 0 Å². The van der Waals surface area contributed by atoms with Crippen LogP contribution in [0.5, 0.6) is 0 Å². The van der Waals surface area contributed by atoms with Gasteiger partial charge in [-0.05, 0) is 24.5 Å². The van der Waals surface area contributed by atoms with Crippen molar-refractivity contribution in [3.05, 3.63) is 95.7 Å². The molecule has 0 bridgehead atoms. The predicted octanol–water partition coefficient (Wildman–Crippen LogP) is 4.91. The summed E-state index contributed by atoms with van der Waals surface area (Å²) in [6.07, 6.45) is 9.53. The van der Waals surface area contributed by atoms with Crippen LogP contribution in [-0.4, -0.2) is 16.1 Å². The molecule has 0 amide bonds. The van der Waals surface area contributed by atoms with E-state index in [2.05, 4.69) is 0 Å². The van der Waals surface area contributed by atoms with Gasteiger partial charge in [0.05, 0.1) is 6.54 Å². The van der Waals surface area contributed by atoms with Gasteiger partial charge >= 0.3 is 0 Å². The average molecular weight is 355 g/mol. The highest BCUT2D eigenvalue weighted by Crippen LogP contribution is 2.26. The van der Waals surface area contributed by atoms with Crippen molar-refractivity contribution >= 4 is 22.5 Å². The van der Waals surface area contributed by atoms with Gasteiger partial charge in [-0.1, -0.05) is 66.8 Å². The molecule has 4 rings (SSSR count). The van der Waals surface area contributed by atoms with E-state index in [1.165, 1.54) is 5.56 Å². The summed E-state index contributed by atoms with van der Waals surface area (Å²) < 4.78 is 1.92. The molecule has 0 fully saturated rings. The van der Waals surface area contributed by atoms with Crippen LogP contribution in [0.3, 0.4) is 0 Å². The molecule has 3 aromatic rings. The summed E-state index contributed by atoms with van der Waals surface area (Å²) in [7, 11) is 0. The highest BCUT2D eigenvalue weighted by molar-refractivity contribution is 6.16. The van der Waals surface area contributed by atoms with Crippen molar-refractivity contribution in [1.82, 2.24) is 4.57 Å².